The minimum atomic E-state index is -0.335. The largest absolute Gasteiger partial charge is 0.423 e. The van der Waals surface area contributed by atoms with Crippen LogP contribution in [0.5, 0.6) is 5.75 Å². The van der Waals surface area contributed by atoms with E-state index in [0.717, 1.165) is 6.42 Å². The van der Waals surface area contributed by atoms with E-state index in [2.05, 4.69) is 54.7 Å². The van der Waals surface area contributed by atoms with Crippen LogP contribution in [0.3, 0.4) is 0 Å². The second-order valence-electron chi connectivity index (χ2n) is 7.89. The number of fused-ring (bicyclic) bond motifs is 3. The van der Waals surface area contributed by atoms with Crippen molar-refractivity contribution in [2.75, 3.05) is 5.32 Å². The fraction of sp³-hybridized carbons (Fsp3) is 0.192. The van der Waals surface area contributed by atoms with Crippen molar-refractivity contribution >= 4 is 11.7 Å². The van der Waals surface area contributed by atoms with Gasteiger partial charge in [-0.1, -0.05) is 60.2 Å². The van der Waals surface area contributed by atoms with Crippen molar-refractivity contribution in [3.63, 3.8) is 0 Å². The summed E-state index contributed by atoms with van der Waals surface area (Å²) in [5, 5.41) is 3.75. The molecule has 0 aromatic heterocycles. The van der Waals surface area contributed by atoms with Crippen molar-refractivity contribution in [2.24, 2.45) is 5.92 Å². The Labute approximate surface area is 171 Å². The maximum Gasteiger partial charge on any atom is 0.343 e. The fourth-order valence-electron chi connectivity index (χ4n) is 4.53. The number of rotatable bonds is 3. The standard InChI is InChI=1S/C26H23NO2/c1-17-10-15-24-23(16-17)21-8-5-9-22(21)25(27-24)18-11-13-20(14-12-18)29-26(28)19-6-3-2-4-7-19/h2-8,10-16,21-22,25,27H,9H2,1H3/t21-,22+,25+/m1/s1. The van der Waals surface area contributed by atoms with Gasteiger partial charge in [-0.25, -0.2) is 4.79 Å². The number of carbonyl (C=O) groups excluding carboxylic acids is 1. The SMILES string of the molecule is Cc1ccc2c(c1)[C@@H]1C=CC[C@@H]1[C@H](c1ccc(OC(=O)c3ccccc3)cc1)N2. The number of allylic oxidation sites excluding steroid dienone is 2. The number of carbonyl (C=O) groups is 1. The van der Waals surface area contributed by atoms with Crippen LogP contribution in [0.4, 0.5) is 5.69 Å². The molecular weight excluding hydrogens is 358 g/mol. The number of esters is 1. The van der Waals surface area contributed by atoms with Crippen LogP contribution in [-0.4, -0.2) is 5.97 Å². The van der Waals surface area contributed by atoms with Crippen molar-refractivity contribution in [3.05, 3.63) is 107 Å². The van der Waals surface area contributed by atoms with Gasteiger partial charge in [0.15, 0.2) is 0 Å². The van der Waals surface area contributed by atoms with Gasteiger partial charge >= 0.3 is 5.97 Å². The molecule has 5 rings (SSSR count). The zero-order valence-electron chi connectivity index (χ0n) is 16.3. The van der Waals surface area contributed by atoms with E-state index in [-0.39, 0.29) is 12.0 Å². The van der Waals surface area contributed by atoms with Crippen LogP contribution in [0.1, 0.15) is 45.4 Å². The topological polar surface area (TPSA) is 38.3 Å². The highest BCUT2D eigenvalue weighted by Gasteiger charge is 2.37. The van der Waals surface area contributed by atoms with Gasteiger partial charge in [0, 0.05) is 11.6 Å². The molecule has 0 bridgehead atoms. The van der Waals surface area contributed by atoms with Gasteiger partial charge in [0.05, 0.1) is 11.6 Å². The Balaban J connectivity index is 1.37. The average Bonchev–Trinajstić information content (AvgIpc) is 3.25. The summed E-state index contributed by atoms with van der Waals surface area (Å²) in [6.07, 6.45) is 5.73. The summed E-state index contributed by atoms with van der Waals surface area (Å²) >= 11 is 0. The van der Waals surface area contributed by atoms with E-state index in [1.165, 1.54) is 22.4 Å². The highest BCUT2D eigenvalue weighted by molar-refractivity contribution is 5.90. The van der Waals surface area contributed by atoms with Gasteiger partial charge in [-0.05, 0) is 60.7 Å². The molecule has 3 nitrogen and oxygen atoms in total. The van der Waals surface area contributed by atoms with Crippen molar-refractivity contribution in [1.29, 1.82) is 0 Å². The normalized spacial score (nSPS) is 21.8. The first-order chi connectivity index (χ1) is 14.2. The first-order valence-corrected chi connectivity index (χ1v) is 10.1. The van der Waals surface area contributed by atoms with Gasteiger partial charge < -0.3 is 10.1 Å². The van der Waals surface area contributed by atoms with Crippen LogP contribution in [0, 0.1) is 12.8 Å². The second-order valence-corrected chi connectivity index (χ2v) is 7.89. The van der Waals surface area contributed by atoms with E-state index in [4.69, 9.17) is 4.74 Å². The molecule has 144 valence electrons. The van der Waals surface area contributed by atoms with E-state index >= 15 is 0 Å². The van der Waals surface area contributed by atoms with E-state index < -0.39 is 0 Å². The third kappa shape index (κ3) is 3.33. The Morgan fingerprint density at radius 2 is 1.79 bits per heavy atom. The molecule has 0 saturated carbocycles. The molecule has 0 saturated heterocycles. The maximum atomic E-state index is 12.3. The Morgan fingerprint density at radius 3 is 2.59 bits per heavy atom. The van der Waals surface area contributed by atoms with Crippen molar-refractivity contribution < 1.29 is 9.53 Å². The molecule has 0 fully saturated rings. The molecular formula is C26H23NO2. The number of benzene rings is 3. The van der Waals surface area contributed by atoms with Crippen LogP contribution >= 0.6 is 0 Å². The van der Waals surface area contributed by atoms with Gasteiger partial charge in [-0.2, -0.15) is 0 Å². The Bertz CT molecular complexity index is 1070. The fourth-order valence-corrected chi connectivity index (χ4v) is 4.53. The minimum absolute atomic E-state index is 0.240. The predicted molar refractivity (Wildman–Crippen MR) is 115 cm³/mol. The molecule has 2 aliphatic rings. The van der Waals surface area contributed by atoms with Crippen LogP contribution in [0.2, 0.25) is 0 Å². The van der Waals surface area contributed by atoms with Crippen molar-refractivity contribution in [1.82, 2.24) is 0 Å². The van der Waals surface area contributed by atoms with Crippen LogP contribution in [0.25, 0.3) is 0 Å². The van der Waals surface area contributed by atoms with E-state index in [9.17, 15) is 4.79 Å². The zero-order chi connectivity index (χ0) is 19.8. The average molecular weight is 381 g/mol. The van der Waals surface area contributed by atoms with E-state index in [0.29, 0.717) is 23.1 Å². The van der Waals surface area contributed by atoms with Crippen molar-refractivity contribution in [3.8, 4) is 5.75 Å². The molecule has 29 heavy (non-hydrogen) atoms. The molecule has 3 aromatic carbocycles. The predicted octanol–water partition coefficient (Wildman–Crippen LogP) is 6.04. The summed E-state index contributed by atoms with van der Waals surface area (Å²) in [6, 6.07) is 23.9. The quantitative estimate of drug-likeness (QED) is 0.341. The van der Waals surface area contributed by atoms with Gasteiger partial charge in [-0.3, -0.25) is 0 Å². The number of ether oxygens (including phenoxy) is 1. The summed E-state index contributed by atoms with van der Waals surface area (Å²) in [6.45, 7) is 2.15. The number of aryl methyl sites for hydroxylation is 1. The summed E-state index contributed by atoms with van der Waals surface area (Å²) in [7, 11) is 0. The number of nitrogens with one attached hydrogen (secondary N) is 1. The molecule has 3 heteroatoms. The number of hydrogen-bond donors (Lipinski definition) is 1. The lowest BCUT2D eigenvalue weighted by Gasteiger charge is -2.37. The molecule has 1 aliphatic heterocycles. The highest BCUT2D eigenvalue weighted by atomic mass is 16.5. The Kier molecular flexibility index (Phi) is 4.44. The highest BCUT2D eigenvalue weighted by Crippen LogP contribution is 2.50. The molecule has 1 N–H and O–H groups in total. The van der Waals surface area contributed by atoms with E-state index in [1.807, 2.05) is 30.3 Å². The zero-order valence-corrected chi connectivity index (χ0v) is 16.3. The van der Waals surface area contributed by atoms with Crippen LogP contribution in [0.15, 0.2) is 84.9 Å². The molecule has 0 amide bonds. The van der Waals surface area contributed by atoms with Crippen LogP contribution < -0.4 is 10.1 Å². The number of hydrogen-bond acceptors (Lipinski definition) is 3. The van der Waals surface area contributed by atoms with Gasteiger partial charge in [0.2, 0.25) is 0 Å². The summed E-state index contributed by atoms with van der Waals surface area (Å²) in [4.78, 5) is 12.3. The third-order valence-corrected chi connectivity index (χ3v) is 5.98. The van der Waals surface area contributed by atoms with Gasteiger partial charge in [-0.15, -0.1) is 0 Å². The summed E-state index contributed by atoms with van der Waals surface area (Å²) in [5.41, 5.74) is 5.68. The van der Waals surface area contributed by atoms with Crippen LogP contribution in [-0.2, 0) is 0 Å². The van der Waals surface area contributed by atoms with E-state index in [1.54, 1.807) is 12.1 Å². The summed E-state index contributed by atoms with van der Waals surface area (Å²) in [5.74, 6) is 1.18. The first-order valence-electron chi connectivity index (χ1n) is 10.1. The number of anilines is 1. The molecule has 0 unspecified atom stereocenters. The minimum Gasteiger partial charge on any atom is -0.423 e. The monoisotopic (exact) mass is 381 g/mol. The molecule has 1 aliphatic carbocycles. The lowest BCUT2D eigenvalue weighted by atomic mass is 9.76. The molecule has 0 spiro atoms. The lowest BCUT2D eigenvalue weighted by Crippen LogP contribution is -2.29. The summed E-state index contributed by atoms with van der Waals surface area (Å²) < 4.78 is 5.53. The molecule has 3 atom stereocenters. The molecule has 3 aromatic rings. The molecule has 1 heterocycles. The molecule has 0 radical (unpaired) electrons. The Hall–Kier alpha value is -3.33. The first kappa shape index (κ1) is 17.7. The Morgan fingerprint density at radius 1 is 1.00 bits per heavy atom. The van der Waals surface area contributed by atoms with Gasteiger partial charge in [0.1, 0.15) is 5.75 Å². The smallest absolute Gasteiger partial charge is 0.343 e. The van der Waals surface area contributed by atoms with Crippen molar-refractivity contribution in [2.45, 2.75) is 25.3 Å². The third-order valence-electron chi connectivity index (χ3n) is 5.98. The van der Waals surface area contributed by atoms with Gasteiger partial charge in [0.25, 0.3) is 0 Å². The second kappa shape index (κ2) is 7.25. The lowest BCUT2D eigenvalue weighted by molar-refractivity contribution is 0.0734. The maximum absolute atomic E-state index is 12.3.